The van der Waals surface area contributed by atoms with Gasteiger partial charge in [-0.15, -0.1) is 0 Å². The van der Waals surface area contributed by atoms with Crippen molar-refractivity contribution in [3.05, 3.63) is 29.1 Å². The van der Waals surface area contributed by atoms with Gasteiger partial charge in [0.25, 0.3) is 5.91 Å². The maximum Gasteiger partial charge on any atom is 0.269 e. The van der Waals surface area contributed by atoms with E-state index in [2.05, 4.69) is 12.2 Å². The lowest BCUT2D eigenvalue weighted by atomic mass is 9.69. The standard InChI is InChI=1S/C20H29BN2O/c1-15-11-12-17(22-18(15)16-9-5-6-10-16)19(24)23-20(21)13-7-3-2-4-8-14-20/h11-12,16H,2-10,13-14H2,1H3,(H,23,24). The molecule has 1 aromatic rings. The molecule has 1 heterocycles. The van der Waals surface area contributed by atoms with Crippen LogP contribution in [0.4, 0.5) is 0 Å². The molecule has 0 saturated heterocycles. The number of hydrogen-bond acceptors (Lipinski definition) is 2. The highest BCUT2D eigenvalue weighted by Gasteiger charge is 2.28. The fraction of sp³-hybridized carbons (Fsp3) is 0.700. The molecule has 24 heavy (non-hydrogen) atoms. The van der Waals surface area contributed by atoms with E-state index in [1.807, 2.05) is 12.1 Å². The number of aryl methyl sites for hydroxylation is 1. The molecule has 2 fully saturated rings. The molecule has 0 aromatic carbocycles. The van der Waals surface area contributed by atoms with Crippen LogP contribution in [0.3, 0.4) is 0 Å². The van der Waals surface area contributed by atoms with E-state index >= 15 is 0 Å². The van der Waals surface area contributed by atoms with E-state index in [9.17, 15) is 4.79 Å². The number of rotatable bonds is 3. The van der Waals surface area contributed by atoms with Crippen molar-refractivity contribution >= 4 is 13.8 Å². The topological polar surface area (TPSA) is 42.0 Å². The predicted octanol–water partition coefficient (Wildman–Crippen LogP) is 4.39. The van der Waals surface area contributed by atoms with Crippen LogP contribution in [0.1, 0.15) is 98.3 Å². The van der Waals surface area contributed by atoms with Crippen LogP contribution >= 0.6 is 0 Å². The van der Waals surface area contributed by atoms with E-state index in [4.69, 9.17) is 12.8 Å². The van der Waals surface area contributed by atoms with Crippen molar-refractivity contribution in [1.29, 1.82) is 0 Å². The van der Waals surface area contributed by atoms with Gasteiger partial charge in [0.2, 0.25) is 0 Å². The zero-order valence-electron chi connectivity index (χ0n) is 14.9. The Labute approximate surface area is 147 Å². The molecule has 1 amide bonds. The highest BCUT2D eigenvalue weighted by atomic mass is 16.2. The van der Waals surface area contributed by atoms with Crippen LogP contribution in [0.25, 0.3) is 0 Å². The molecule has 1 aromatic heterocycles. The fourth-order valence-electron chi connectivity index (χ4n) is 4.23. The smallest absolute Gasteiger partial charge is 0.269 e. The quantitative estimate of drug-likeness (QED) is 0.838. The maximum absolute atomic E-state index is 12.7. The van der Waals surface area contributed by atoms with Gasteiger partial charge >= 0.3 is 0 Å². The summed E-state index contributed by atoms with van der Waals surface area (Å²) in [5, 5.41) is 3.09. The van der Waals surface area contributed by atoms with Crippen molar-refractivity contribution in [2.24, 2.45) is 0 Å². The predicted molar refractivity (Wildman–Crippen MR) is 98.5 cm³/mol. The SMILES string of the molecule is [B]C1(NC(=O)c2ccc(C)c(C3CCCC3)n2)CCCCCCC1. The minimum atomic E-state index is -0.572. The van der Waals surface area contributed by atoms with Gasteiger partial charge in [0.15, 0.2) is 0 Å². The molecule has 2 saturated carbocycles. The van der Waals surface area contributed by atoms with Crippen molar-refractivity contribution < 1.29 is 4.79 Å². The Hall–Kier alpha value is -1.32. The molecule has 3 rings (SSSR count). The molecule has 2 radical (unpaired) electrons. The number of carbonyl (C=O) groups excluding carboxylic acids is 1. The summed E-state index contributed by atoms with van der Waals surface area (Å²) in [5.41, 5.74) is 2.27. The van der Waals surface area contributed by atoms with Crippen molar-refractivity contribution in [3.63, 3.8) is 0 Å². The zero-order chi connectivity index (χ0) is 17.0. The molecule has 2 aliphatic carbocycles. The summed E-state index contributed by atoms with van der Waals surface area (Å²) in [6.07, 6.45) is 12.5. The fourth-order valence-corrected chi connectivity index (χ4v) is 4.23. The van der Waals surface area contributed by atoms with Gasteiger partial charge in [-0.3, -0.25) is 4.79 Å². The van der Waals surface area contributed by atoms with E-state index in [1.54, 1.807) is 0 Å². The third kappa shape index (κ3) is 4.20. The van der Waals surface area contributed by atoms with Gasteiger partial charge in [-0.05, 0) is 44.2 Å². The molecular weight excluding hydrogens is 295 g/mol. The number of nitrogens with one attached hydrogen (secondary N) is 1. The second kappa shape index (κ2) is 7.71. The van der Waals surface area contributed by atoms with E-state index in [1.165, 1.54) is 50.5 Å². The van der Waals surface area contributed by atoms with E-state index in [0.717, 1.165) is 31.4 Å². The average molecular weight is 324 g/mol. The van der Waals surface area contributed by atoms with Crippen LogP contribution in [0.5, 0.6) is 0 Å². The molecule has 1 N–H and O–H groups in total. The van der Waals surface area contributed by atoms with Crippen molar-refractivity contribution in [2.75, 3.05) is 0 Å². The van der Waals surface area contributed by atoms with Gasteiger partial charge in [0.1, 0.15) is 13.5 Å². The monoisotopic (exact) mass is 324 g/mol. The first-order valence-electron chi connectivity index (χ1n) is 9.66. The molecule has 0 aliphatic heterocycles. The number of hydrogen-bond donors (Lipinski definition) is 1. The van der Waals surface area contributed by atoms with Crippen LogP contribution in [-0.4, -0.2) is 24.2 Å². The maximum atomic E-state index is 12.7. The molecule has 0 bridgehead atoms. The number of aromatic nitrogens is 1. The minimum absolute atomic E-state index is 0.114. The van der Waals surface area contributed by atoms with Crippen LogP contribution < -0.4 is 5.32 Å². The molecule has 2 aliphatic rings. The van der Waals surface area contributed by atoms with Crippen molar-refractivity contribution in [1.82, 2.24) is 10.3 Å². The average Bonchev–Trinajstić information content (AvgIpc) is 3.06. The highest BCUT2D eigenvalue weighted by Crippen LogP contribution is 2.34. The van der Waals surface area contributed by atoms with Gasteiger partial charge in [0.05, 0.1) is 0 Å². The molecule has 0 atom stereocenters. The van der Waals surface area contributed by atoms with Crippen LogP contribution in [0.15, 0.2) is 12.1 Å². The Morgan fingerprint density at radius 3 is 2.38 bits per heavy atom. The van der Waals surface area contributed by atoms with Gasteiger partial charge in [0, 0.05) is 17.1 Å². The summed E-state index contributed by atoms with van der Waals surface area (Å²) in [7, 11) is 6.50. The van der Waals surface area contributed by atoms with Crippen LogP contribution in [0.2, 0.25) is 0 Å². The summed E-state index contributed by atoms with van der Waals surface area (Å²) in [5.74, 6) is 0.406. The van der Waals surface area contributed by atoms with Gasteiger partial charge in [-0.25, -0.2) is 4.98 Å². The molecule has 0 spiro atoms. The lowest BCUT2D eigenvalue weighted by molar-refractivity contribution is 0.0912. The second-order valence-electron chi connectivity index (χ2n) is 7.76. The van der Waals surface area contributed by atoms with Gasteiger partial charge in [-0.2, -0.15) is 0 Å². The lowest BCUT2D eigenvalue weighted by Gasteiger charge is -2.33. The molecule has 0 unspecified atom stereocenters. The van der Waals surface area contributed by atoms with Crippen molar-refractivity contribution in [2.45, 2.75) is 88.9 Å². The first-order chi connectivity index (χ1) is 11.6. The number of amides is 1. The summed E-state index contributed by atoms with van der Waals surface area (Å²) in [6, 6.07) is 3.88. The summed E-state index contributed by atoms with van der Waals surface area (Å²) in [6.45, 7) is 2.10. The molecular formula is C20H29BN2O. The zero-order valence-corrected chi connectivity index (χ0v) is 14.9. The Morgan fingerprint density at radius 2 is 1.71 bits per heavy atom. The van der Waals surface area contributed by atoms with Gasteiger partial charge < -0.3 is 5.32 Å². The van der Waals surface area contributed by atoms with E-state index < -0.39 is 5.44 Å². The van der Waals surface area contributed by atoms with Crippen molar-refractivity contribution in [3.8, 4) is 0 Å². The lowest BCUT2D eigenvalue weighted by Crippen LogP contribution is -2.49. The Bertz CT molecular complexity index is 573. The minimum Gasteiger partial charge on any atom is -0.354 e. The first kappa shape index (κ1) is 17.5. The summed E-state index contributed by atoms with van der Waals surface area (Å²) in [4.78, 5) is 17.5. The van der Waals surface area contributed by atoms with Gasteiger partial charge in [-0.1, -0.05) is 51.0 Å². The second-order valence-corrected chi connectivity index (χ2v) is 7.76. The van der Waals surface area contributed by atoms with E-state index in [0.29, 0.717) is 11.6 Å². The van der Waals surface area contributed by atoms with Crippen LogP contribution in [0, 0.1) is 6.92 Å². The normalized spacial score (nSPS) is 21.9. The highest BCUT2D eigenvalue weighted by molar-refractivity contribution is 6.17. The van der Waals surface area contributed by atoms with E-state index in [-0.39, 0.29) is 5.91 Å². The Morgan fingerprint density at radius 1 is 1.08 bits per heavy atom. The summed E-state index contributed by atoms with van der Waals surface area (Å²) >= 11 is 0. The van der Waals surface area contributed by atoms with Crippen LogP contribution in [-0.2, 0) is 0 Å². The Balaban J connectivity index is 1.73. The third-order valence-electron chi connectivity index (χ3n) is 5.72. The molecule has 3 nitrogen and oxygen atoms in total. The first-order valence-corrected chi connectivity index (χ1v) is 9.66. The number of pyridine rings is 1. The Kier molecular flexibility index (Phi) is 5.63. The number of nitrogens with zero attached hydrogens (tertiary/aromatic N) is 1. The third-order valence-corrected chi connectivity index (χ3v) is 5.72. The number of carbonyl (C=O) groups is 1. The molecule has 128 valence electrons. The largest absolute Gasteiger partial charge is 0.354 e. The molecule has 4 heteroatoms. The summed E-state index contributed by atoms with van der Waals surface area (Å²) < 4.78 is 0.